The van der Waals surface area contributed by atoms with Crippen LogP contribution in [0.2, 0.25) is 0 Å². The fourth-order valence-corrected chi connectivity index (χ4v) is 3.93. The zero-order valence-corrected chi connectivity index (χ0v) is 16.8. The second-order valence-corrected chi connectivity index (χ2v) is 8.36. The first-order valence-corrected chi connectivity index (χ1v) is 9.77. The monoisotopic (exact) mass is 366 g/mol. The smallest absolute Gasteiger partial charge is 0.253 e. The number of carbonyl (C=O) groups is 1. The van der Waals surface area contributed by atoms with E-state index in [9.17, 15) is 9.90 Å². The quantitative estimate of drug-likeness (QED) is 0.896. The first-order valence-electron chi connectivity index (χ1n) is 9.77. The molecule has 4 heteroatoms. The Labute approximate surface area is 162 Å². The van der Waals surface area contributed by atoms with Gasteiger partial charge in [-0.1, -0.05) is 29.8 Å². The SMILES string of the molecule is Cc1cccc(Cc2cc(C)nc(C3CCCN(C(=O)C(C)(C)O)C3)c2)c1. The van der Waals surface area contributed by atoms with Gasteiger partial charge in [0.05, 0.1) is 0 Å². The van der Waals surface area contributed by atoms with E-state index in [-0.39, 0.29) is 11.8 Å². The van der Waals surface area contributed by atoms with Gasteiger partial charge in [-0.2, -0.15) is 0 Å². The van der Waals surface area contributed by atoms with E-state index in [2.05, 4.69) is 43.3 Å². The predicted molar refractivity (Wildman–Crippen MR) is 108 cm³/mol. The van der Waals surface area contributed by atoms with Crippen LogP contribution in [0, 0.1) is 13.8 Å². The molecule has 1 aromatic heterocycles. The maximum atomic E-state index is 12.5. The third kappa shape index (κ3) is 4.95. The van der Waals surface area contributed by atoms with Crippen LogP contribution in [0.4, 0.5) is 0 Å². The van der Waals surface area contributed by atoms with Gasteiger partial charge in [-0.3, -0.25) is 9.78 Å². The van der Waals surface area contributed by atoms with Crippen molar-refractivity contribution >= 4 is 5.91 Å². The van der Waals surface area contributed by atoms with Gasteiger partial charge >= 0.3 is 0 Å². The Morgan fingerprint density at radius 3 is 2.70 bits per heavy atom. The molecular weight excluding hydrogens is 336 g/mol. The molecule has 2 aromatic rings. The molecule has 1 aromatic carbocycles. The highest BCUT2D eigenvalue weighted by atomic mass is 16.3. The van der Waals surface area contributed by atoms with Gasteiger partial charge in [-0.25, -0.2) is 0 Å². The van der Waals surface area contributed by atoms with Crippen LogP contribution in [0.5, 0.6) is 0 Å². The van der Waals surface area contributed by atoms with E-state index in [1.54, 1.807) is 18.7 Å². The molecule has 27 heavy (non-hydrogen) atoms. The fourth-order valence-electron chi connectivity index (χ4n) is 3.93. The third-order valence-electron chi connectivity index (χ3n) is 5.17. The highest BCUT2D eigenvalue weighted by Gasteiger charge is 2.33. The first kappa shape index (κ1) is 19.6. The van der Waals surface area contributed by atoms with Crippen molar-refractivity contribution in [2.75, 3.05) is 13.1 Å². The van der Waals surface area contributed by atoms with E-state index in [1.165, 1.54) is 16.7 Å². The number of aliphatic hydroxyl groups is 1. The number of likely N-dealkylation sites (tertiary alicyclic amines) is 1. The van der Waals surface area contributed by atoms with Gasteiger partial charge in [0, 0.05) is 30.4 Å². The number of nitrogens with zero attached hydrogens (tertiary/aromatic N) is 2. The average Bonchev–Trinajstić information content (AvgIpc) is 2.60. The molecule has 0 radical (unpaired) electrons. The molecule has 1 saturated heterocycles. The number of benzene rings is 1. The van der Waals surface area contributed by atoms with E-state index < -0.39 is 5.60 Å². The number of piperidine rings is 1. The first-order chi connectivity index (χ1) is 12.7. The van der Waals surface area contributed by atoms with E-state index in [4.69, 9.17) is 4.98 Å². The van der Waals surface area contributed by atoms with Gasteiger partial charge in [0.25, 0.3) is 5.91 Å². The Kier molecular flexibility index (Phi) is 5.66. The molecule has 0 aliphatic carbocycles. The van der Waals surface area contributed by atoms with E-state index in [1.807, 2.05) is 6.92 Å². The molecule has 0 bridgehead atoms. The van der Waals surface area contributed by atoms with Gasteiger partial charge < -0.3 is 10.0 Å². The molecule has 144 valence electrons. The molecule has 0 spiro atoms. The summed E-state index contributed by atoms with van der Waals surface area (Å²) in [5.41, 5.74) is 4.58. The van der Waals surface area contributed by atoms with Crippen LogP contribution in [-0.2, 0) is 11.2 Å². The molecule has 0 saturated carbocycles. The number of hydrogen-bond acceptors (Lipinski definition) is 3. The van der Waals surface area contributed by atoms with Crippen molar-refractivity contribution in [3.05, 3.63) is 64.5 Å². The van der Waals surface area contributed by atoms with Crippen molar-refractivity contribution in [2.45, 2.75) is 58.5 Å². The van der Waals surface area contributed by atoms with Crippen molar-refractivity contribution in [3.63, 3.8) is 0 Å². The Balaban J connectivity index is 1.80. The minimum atomic E-state index is -1.32. The molecule has 1 aliphatic heterocycles. The normalized spacial score (nSPS) is 17.8. The van der Waals surface area contributed by atoms with Gasteiger partial charge in [0.2, 0.25) is 0 Å². The largest absolute Gasteiger partial charge is 0.381 e. The molecule has 2 heterocycles. The third-order valence-corrected chi connectivity index (χ3v) is 5.17. The van der Waals surface area contributed by atoms with Crippen molar-refractivity contribution < 1.29 is 9.90 Å². The summed E-state index contributed by atoms with van der Waals surface area (Å²) in [5, 5.41) is 10.1. The number of hydrogen-bond donors (Lipinski definition) is 1. The summed E-state index contributed by atoms with van der Waals surface area (Å²) in [6, 6.07) is 12.9. The molecule has 1 aliphatic rings. The summed E-state index contributed by atoms with van der Waals surface area (Å²) >= 11 is 0. The predicted octanol–water partition coefficient (Wildman–Crippen LogP) is 3.77. The maximum Gasteiger partial charge on any atom is 0.253 e. The lowest BCUT2D eigenvalue weighted by molar-refractivity contribution is -0.149. The summed E-state index contributed by atoms with van der Waals surface area (Å²) < 4.78 is 0. The fraction of sp³-hybridized carbons (Fsp3) is 0.478. The summed E-state index contributed by atoms with van der Waals surface area (Å²) in [7, 11) is 0. The van der Waals surface area contributed by atoms with Crippen LogP contribution in [-0.4, -0.2) is 39.6 Å². The Morgan fingerprint density at radius 1 is 1.22 bits per heavy atom. The number of aryl methyl sites for hydroxylation is 2. The average molecular weight is 367 g/mol. The van der Waals surface area contributed by atoms with Crippen LogP contribution < -0.4 is 0 Å². The number of carbonyl (C=O) groups excluding carboxylic acids is 1. The number of amides is 1. The van der Waals surface area contributed by atoms with E-state index in [0.29, 0.717) is 13.1 Å². The van der Waals surface area contributed by atoms with Crippen LogP contribution in [0.3, 0.4) is 0 Å². The summed E-state index contributed by atoms with van der Waals surface area (Å²) in [6.07, 6.45) is 2.85. The summed E-state index contributed by atoms with van der Waals surface area (Å²) in [6.45, 7) is 8.60. The van der Waals surface area contributed by atoms with Crippen LogP contribution >= 0.6 is 0 Å². The second-order valence-electron chi connectivity index (χ2n) is 8.36. The summed E-state index contributed by atoms with van der Waals surface area (Å²) in [5.74, 6) is 0.0287. The zero-order valence-electron chi connectivity index (χ0n) is 16.8. The Hall–Kier alpha value is -2.20. The van der Waals surface area contributed by atoms with Crippen LogP contribution in [0.25, 0.3) is 0 Å². The van der Waals surface area contributed by atoms with Crippen LogP contribution in [0.15, 0.2) is 36.4 Å². The summed E-state index contributed by atoms with van der Waals surface area (Å²) in [4.78, 5) is 19.0. The van der Waals surface area contributed by atoms with Gasteiger partial charge in [-0.05, 0) is 70.2 Å². The number of aromatic nitrogens is 1. The molecular formula is C23H30N2O2. The topological polar surface area (TPSA) is 53.4 Å². The second kappa shape index (κ2) is 7.81. The number of pyridine rings is 1. The molecule has 3 rings (SSSR count). The highest BCUT2D eigenvalue weighted by Crippen LogP contribution is 2.28. The number of rotatable bonds is 4. The lowest BCUT2D eigenvalue weighted by Gasteiger charge is -2.35. The minimum absolute atomic E-state index is 0.195. The molecule has 1 N–H and O–H groups in total. The van der Waals surface area contributed by atoms with Crippen molar-refractivity contribution in [1.82, 2.24) is 9.88 Å². The van der Waals surface area contributed by atoms with Crippen LogP contribution in [0.1, 0.15) is 60.7 Å². The minimum Gasteiger partial charge on any atom is -0.381 e. The lowest BCUT2D eigenvalue weighted by atomic mass is 9.91. The Morgan fingerprint density at radius 2 is 2.00 bits per heavy atom. The highest BCUT2D eigenvalue weighted by molar-refractivity contribution is 5.84. The zero-order chi connectivity index (χ0) is 19.6. The molecule has 1 amide bonds. The van der Waals surface area contributed by atoms with Gasteiger partial charge in [-0.15, -0.1) is 0 Å². The molecule has 4 nitrogen and oxygen atoms in total. The van der Waals surface area contributed by atoms with Crippen molar-refractivity contribution in [2.24, 2.45) is 0 Å². The van der Waals surface area contributed by atoms with Gasteiger partial charge in [0.15, 0.2) is 0 Å². The van der Waals surface area contributed by atoms with Gasteiger partial charge in [0.1, 0.15) is 5.60 Å². The van der Waals surface area contributed by atoms with Crippen molar-refractivity contribution in [3.8, 4) is 0 Å². The van der Waals surface area contributed by atoms with Crippen molar-refractivity contribution in [1.29, 1.82) is 0 Å². The Bertz CT molecular complexity index is 823. The maximum absolute atomic E-state index is 12.5. The molecule has 1 unspecified atom stereocenters. The standard InChI is InChI=1S/C23H30N2O2/c1-16-7-5-8-18(11-16)13-19-12-17(2)24-21(14-19)20-9-6-10-25(15-20)22(26)23(3,4)27/h5,7-8,11-12,14,20,27H,6,9-10,13,15H2,1-4H3. The lowest BCUT2D eigenvalue weighted by Crippen LogP contribution is -2.48. The molecule has 1 fully saturated rings. The van der Waals surface area contributed by atoms with E-state index in [0.717, 1.165) is 30.7 Å². The molecule has 1 atom stereocenters. The van der Waals surface area contributed by atoms with E-state index >= 15 is 0 Å².